The van der Waals surface area contributed by atoms with Gasteiger partial charge in [-0.2, -0.15) is 4.73 Å². The minimum atomic E-state index is -0.617. The summed E-state index contributed by atoms with van der Waals surface area (Å²) in [5.41, 5.74) is 2.60. The Morgan fingerprint density at radius 2 is 1.77 bits per heavy atom. The molecule has 6 heteroatoms. The summed E-state index contributed by atoms with van der Waals surface area (Å²) < 4.78 is 6.61. The summed E-state index contributed by atoms with van der Waals surface area (Å²) in [6, 6.07) is 20.1. The maximum atomic E-state index is 11.4. The second kappa shape index (κ2) is 6.40. The Morgan fingerprint density at radius 1 is 1.04 bits per heavy atom. The smallest absolute Gasteiger partial charge is 0.217 e. The first-order valence-corrected chi connectivity index (χ1v) is 8.20. The third-order valence-corrected chi connectivity index (χ3v) is 4.50. The highest BCUT2D eigenvalue weighted by Crippen LogP contribution is 2.40. The topological polar surface area (TPSA) is 81.4 Å². The van der Waals surface area contributed by atoms with Crippen LogP contribution in [0.2, 0.25) is 0 Å². The molecule has 0 bridgehead atoms. The van der Waals surface area contributed by atoms with Crippen LogP contribution in [-0.4, -0.2) is 21.4 Å². The zero-order valence-electron chi connectivity index (χ0n) is 13.8. The molecule has 130 valence electrons. The van der Waals surface area contributed by atoms with E-state index < -0.39 is 5.92 Å². The number of furan rings is 1. The van der Waals surface area contributed by atoms with Crippen molar-refractivity contribution in [3.63, 3.8) is 0 Å². The van der Waals surface area contributed by atoms with Crippen LogP contribution < -0.4 is 0 Å². The number of nitrogens with zero attached hydrogens (tertiary/aromatic N) is 2. The SMILES string of the molecule is O=[N+]([O-])CC(c1ccco1)c1c(-c2ccccc2)n(O)c2ccccc12. The highest BCUT2D eigenvalue weighted by Gasteiger charge is 2.31. The van der Waals surface area contributed by atoms with Gasteiger partial charge in [-0.25, -0.2) is 0 Å². The molecule has 0 aliphatic heterocycles. The maximum absolute atomic E-state index is 11.4. The first-order chi connectivity index (χ1) is 12.7. The highest BCUT2D eigenvalue weighted by atomic mass is 16.6. The van der Waals surface area contributed by atoms with Crippen LogP contribution in [0.4, 0.5) is 0 Å². The lowest BCUT2D eigenvalue weighted by atomic mass is 9.91. The third-order valence-electron chi connectivity index (χ3n) is 4.50. The van der Waals surface area contributed by atoms with Gasteiger partial charge < -0.3 is 9.62 Å². The van der Waals surface area contributed by atoms with Crippen LogP contribution in [0.3, 0.4) is 0 Å². The number of para-hydroxylation sites is 1. The molecule has 0 radical (unpaired) electrons. The fourth-order valence-electron chi connectivity index (χ4n) is 3.44. The van der Waals surface area contributed by atoms with E-state index in [0.29, 0.717) is 22.5 Å². The molecule has 4 aromatic rings. The molecule has 2 aromatic carbocycles. The van der Waals surface area contributed by atoms with Crippen LogP contribution in [0.25, 0.3) is 22.2 Å². The van der Waals surface area contributed by atoms with E-state index in [4.69, 9.17) is 4.42 Å². The van der Waals surface area contributed by atoms with Gasteiger partial charge in [0.1, 0.15) is 11.7 Å². The lowest BCUT2D eigenvalue weighted by molar-refractivity contribution is -0.482. The molecular weight excluding hydrogens is 332 g/mol. The van der Waals surface area contributed by atoms with Crippen molar-refractivity contribution >= 4 is 10.9 Å². The van der Waals surface area contributed by atoms with E-state index >= 15 is 0 Å². The van der Waals surface area contributed by atoms with Crippen molar-refractivity contribution in [2.24, 2.45) is 0 Å². The van der Waals surface area contributed by atoms with Crippen molar-refractivity contribution in [1.29, 1.82) is 0 Å². The molecular formula is C20H16N2O4. The van der Waals surface area contributed by atoms with Gasteiger partial charge in [-0.05, 0) is 18.2 Å². The Hall–Kier alpha value is -3.54. The van der Waals surface area contributed by atoms with E-state index in [9.17, 15) is 15.3 Å². The Bertz CT molecular complexity index is 1050. The maximum Gasteiger partial charge on any atom is 0.217 e. The van der Waals surface area contributed by atoms with Crippen molar-refractivity contribution in [3.05, 3.63) is 94.4 Å². The molecule has 1 unspecified atom stereocenters. The van der Waals surface area contributed by atoms with E-state index in [2.05, 4.69) is 0 Å². The van der Waals surface area contributed by atoms with Gasteiger partial charge in [0.25, 0.3) is 0 Å². The van der Waals surface area contributed by atoms with Gasteiger partial charge in [0, 0.05) is 21.4 Å². The molecule has 0 saturated carbocycles. The average molecular weight is 348 g/mol. The molecule has 0 aliphatic carbocycles. The average Bonchev–Trinajstić information content (AvgIpc) is 3.28. The molecule has 0 fully saturated rings. The monoisotopic (exact) mass is 348 g/mol. The number of rotatable bonds is 5. The summed E-state index contributed by atoms with van der Waals surface area (Å²) in [6.45, 7) is -0.332. The van der Waals surface area contributed by atoms with Gasteiger partial charge in [0.15, 0.2) is 0 Å². The first kappa shape index (κ1) is 16.0. The molecule has 4 rings (SSSR count). The predicted molar refractivity (Wildman–Crippen MR) is 97.0 cm³/mol. The second-order valence-electron chi connectivity index (χ2n) is 6.04. The van der Waals surface area contributed by atoms with Crippen molar-refractivity contribution < 1.29 is 14.5 Å². The number of aromatic nitrogens is 1. The molecule has 0 amide bonds. The van der Waals surface area contributed by atoms with E-state index in [1.54, 1.807) is 18.2 Å². The molecule has 0 aliphatic rings. The van der Waals surface area contributed by atoms with Crippen molar-refractivity contribution in [1.82, 2.24) is 4.73 Å². The fraction of sp³-hybridized carbons (Fsp3) is 0.100. The zero-order chi connectivity index (χ0) is 18.1. The van der Waals surface area contributed by atoms with E-state index in [-0.39, 0.29) is 11.5 Å². The van der Waals surface area contributed by atoms with Crippen molar-refractivity contribution in [2.45, 2.75) is 5.92 Å². The molecule has 0 spiro atoms. The van der Waals surface area contributed by atoms with Crippen molar-refractivity contribution in [3.8, 4) is 11.3 Å². The van der Waals surface area contributed by atoms with E-state index in [1.165, 1.54) is 6.26 Å². The molecule has 0 saturated heterocycles. The van der Waals surface area contributed by atoms with Gasteiger partial charge >= 0.3 is 0 Å². The molecule has 26 heavy (non-hydrogen) atoms. The second-order valence-corrected chi connectivity index (χ2v) is 6.04. The van der Waals surface area contributed by atoms with Crippen LogP contribution in [0.15, 0.2) is 77.4 Å². The van der Waals surface area contributed by atoms with Crippen LogP contribution in [0.1, 0.15) is 17.2 Å². The Balaban J connectivity index is 2.05. The largest absolute Gasteiger partial charge is 0.468 e. The van der Waals surface area contributed by atoms with Crippen LogP contribution >= 0.6 is 0 Å². The van der Waals surface area contributed by atoms with Crippen LogP contribution in [0.5, 0.6) is 0 Å². The third kappa shape index (κ3) is 2.61. The summed E-state index contributed by atoms with van der Waals surface area (Å²) >= 11 is 0. The minimum Gasteiger partial charge on any atom is -0.468 e. The lowest BCUT2D eigenvalue weighted by Gasteiger charge is -2.13. The van der Waals surface area contributed by atoms with Gasteiger partial charge in [0.05, 0.1) is 17.5 Å². The lowest BCUT2D eigenvalue weighted by Crippen LogP contribution is -2.14. The van der Waals surface area contributed by atoms with Gasteiger partial charge in [0.2, 0.25) is 6.54 Å². The fourth-order valence-corrected chi connectivity index (χ4v) is 3.44. The number of fused-ring (bicyclic) bond motifs is 1. The quantitative estimate of drug-likeness (QED) is 0.326. The van der Waals surface area contributed by atoms with Crippen LogP contribution in [-0.2, 0) is 0 Å². The minimum absolute atomic E-state index is 0.332. The zero-order valence-corrected chi connectivity index (χ0v) is 13.8. The Morgan fingerprint density at radius 3 is 2.46 bits per heavy atom. The van der Waals surface area contributed by atoms with E-state index in [0.717, 1.165) is 15.7 Å². The molecule has 6 nitrogen and oxygen atoms in total. The van der Waals surface area contributed by atoms with Gasteiger partial charge in [-0.3, -0.25) is 10.1 Å². The van der Waals surface area contributed by atoms with Crippen LogP contribution in [0, 0.1) is 10.1 Å². The summed E-state index contributed by atoms with van der Waals surface area (Å²) in [7, 11) is 0. The number of benzene rings is 2. The van der Waals surface area contributed by atoms with E-state index in [1.807, 2.05) is 48.5 Å². The number of hydrogen-bond acceptors (Lipinski definition) is 4. The summed E-state index contributed by atoms with van der Waals surface area (Å²) in [5, 5.41) is 22.9. The Labute approximate surface area is 149 Å². The number of nitro groups is 1. The van der Waals surface area contributed by atoms with Gasteiger partial charge in [-0.1, -0.05) is 48.5 Å². The normalized spacial score (nSPS) is 12.3. The molecule has 1 atom stereocenters. The highest BCUT2D eigenvalue weighted by molar-refractivity contribution is 5.92. The standard InChI is InChI=1S/C20H16N2O4/c23-21(24)13-16(18-11-6-12-26-18)19-15-9-4-5-10-17(15)22(25)20(19)14-7-2-1-3-8-14/h1-12,16,25H,13H2. The van der Waals surface area contributed by atoms with Crippen molar-refractivity contribution in [2.75, 3.05) is 6.54 Å². The predicted octanol–water partition coefficient (Wildman–Crippen LogP) is 4.55. The summed E-state index contributed by atoms with van der Waals surface area (Å²) in [5.74, 6) is -0.122. The Kier molecular flexibility index (Phi) is 3.93. The molecule has 2 aromatic heterocycles. The van der Waals surface area contributed by atoms with Gasteiger partial charge in [-0.15, -0.1) is 0 Å². The molecule has 2 heterocycles. The summed E-state index contributed by atoms with van der Waals surface area (Å²) in [6.07, 6.45) is 1.50. The number of hydrogen-bond donors (Lipinski definition) is 1. The molecule has 1 N–H and O–H groups in total. The summed E-state index contributed by atoms with van der Waals surface area (Å²) in [4.78, 5) is 11.0. The first-order valence-electron chi connectivity index (χ1n) is 8.20.